The van der Waals surface area contributed by atoms with Crippen LogP contribution in [0.2, 0.25) is 0 Å². The molecule has 0 aliphatic carbocycles. The number of hydrogen-bond acceptors (Lipinski definition) is 2. The maximum atomic E-state index is 12.2. The minimum absolute atomic E-state index is 0.109. The van der Waals surface area contributed by atoms with Gasteiger partial charge in [-0.15, -0.1) is 11.3 Å². The zero-order chi connectivity index (χ0) is 13.7. The SMILES string of the molecule is CCc1ccc(CNC(=O)N2CCCCC2CC)s1. The number of urea groups is 1. The van der Waals surface area contributed by atoms with E-state index >= 15 is 0 Å². The number of nitrogens with zero attached hydrogens (tertiary/aromatic N) is 1. The Morgan fingerprint density at radius 3 is 2.84 bits per heavy atom. The van der Waals surface area contributed by atoms with Crippen molar-refractivity contribution in [3.8, 4) is 0 Å². The van der Waals surface area contributed by atoms with E-state index in [1.54, 1.807) is 11.3 Å². The number of carbonyl (C=O) groups excluding carboxylic acids is 1. The lowest BCUT2D eigenvalue weighted by atomic mass is 10.0. The summed E-state index contributed by atoms with van der Waals surface area (Å²) in [7, 11) is 0. The lowest BCUT2D eigenvalue weighted by molar-refractivity contribution is 0.148. The lowest BCUT2D eigenvalue weighted by Gasteiger charge is -2.35. The van der Waals surface area contributed by atoms with Crippen molar-refractivity contribution in [2.24, 2.45) is 0 Å². The molecular formula is C15H24N2OS. The van der Waals surface area contributed by atoms with Crippen LogP contribution in [0.25, 0.3) is 0 Å². The monoisotopic (exact) mass is 280 g/mol. The number of hydrogen-bond donors (Lipinski definition) is 1. The molecule has 1 N–H and O–H groups in total. The number of nitrogens with one attached hydrogen (secondary N) is 1. The van der Waals surface area contributed by atoms with Crippen molar-refractivity contribution in [2.45, 2.75) is 58.5 Å². The minimum Gasteiger partial charge on any atom is -0.333 e. The van der Waals surface area contributed by atoms with Crippen molar-refractivity contribution < 1.29 is 4.79 Å². The second-order valence-electron chi connectivity index (χ2n) is 5.13. The van der Waals surface area contributed by atoms with Gasteiger partial charge in [0.2, 0.25) is 0 Å². The highest BCUT2D eigenvalue weighted by Crippen LogP contribution is 2.20. The maximum absolute atomic E-state index is 12.2. The van der Waals surface area contributed by atoms with E-state index in [1.807, 2.05) is 4.90 Å². The molecule has 3 nitrogen and oxygen atoms in total. The highest BCUT2D eigenvalue weighted by molar-refractivity contribution is 7.11. The molecule has 1 aromatic rings. The van der Waals surface area contributed by atoms with E-state index in [9.17, 15) is 4.79 Å². The van der Waals surface area contributed by atoms with Crippen LogP contribution in [0.1, 0.15) is 49.3 Å². The van der Waals surface area contributed by atoms with Gasteiger partial charge in [-0.1, -0.05) is 13.8 Å². The predicted octanol–water partition coefficient (Wildman–Crippen LogP) is 3.78. The van der Waals surface area contributed by atoms with Gasteiger partial charge in [-0.05, 0) is 44.2 Å². The first-order valence-electron chi connectivity index (χ1n) is 7.36. The Labute approximate surface area is 120 Å². The van der Waals surface area contributed by atoms with Crippen LogP contribution in [0.5, 0.6) is 0 Å². The normalized spacial score (nSPS) is 19.5. The molecule has 0 spiro atoms. The van der Waals surface area contributed by atoms with E-state index < -0.39 is 0 Å². The van der Waals surface area contributed by atoms with Crippen LogP contribution in [-0.2, 0) is 13.0 Å². The quantitative estimate of drug-likeness (QED) is 0.894. The summed E-state index contributed by atoms with van der Waals surface area (Å²) in [5.74, 6) is 0. The fourth-order valence-electron chi connectivity index (χ4n) is 2.66. The van der Waals surface area contributed by atoms with E-state index in [4.69, 9.17) is 0 Å². The highest BCUT2D eigenvalue weighted by atomic mass is 32.1. The maximum Gasteiger partial charge on any atom is 0.317 e. The van der Waals surface area contributed by atoms with E-state index in [0.717, 1.165) is 32.2 Å². The second kappa shape index (κ2) is 6.94. The molecule has 1 unspecified atom stereocenters. The van der Waals surface area contributed by atoms with Crippen LogP contribution in [0.4, 0.5) is 4.79 Å². The number of rotatable bonds is 4. The minimum atomic E-state index is 0.109. The molecule has 0 saturated carbocycles. The fraction of sp³-hybridized carbons (Fsp3) is 0.667. The third-order valence-electron chi connectivity index (χ3n) is 3.84. The number of amides is 2. The van der Waals surface area contributed by atoms with Gasteiger partial charge in [0.25, 0.3) is 0 Å². The predicted molar refractivity (Wildman–Crippen MR) is 80.6 cm³/mol. The van der Waals surface area contributed by atoms with E-state index in [-0.39, 0.29) is 6.03 Å². The summed E-state index contributed by atoms with van der Waals surface area (Å²) < 4.78 is 0. The van der Waals surface area contributed by atoms with Gasteiger partial charge in [0.1, 0.15) is 0 Å². The molecule has 0 aromatic carbocycles. The van der Waals surface area contributed by atoms with Gasteiger partial charge in [0.05, 0.1) is 6.54 Å². The van der Waals surface area contributed by atoms with Crippen molar-refractivity contribution in [3.05, 3.63) is 21.9 Å². The average Bonchev–Trinajstić information content (AvgIpc) is 2.92. The Morgan fingerprint density at radius 1 is 1.37 bits per heavy atom. The van der Waals surface area contributed by atoms with Gasteiger partial charge in [-0.25, -0.2) is 4.79 Å². The molecular weight excluding hydrogens is 256 g/mol. The molecule has 4 heteroatoms. The van der Waals surface area contributed by atoms with Crippen molar-refractivity contribution in [2.75, 3.05) is 6.54 Å². The van der Waals surface area contributed by atoms with Crippen LogP contribution < -0.4 is 5.32 Å². The zero-order valence-corrected chi connectivity index (χ0v) is 12.8. The molecule has 2 rings (SSSR count). The van der Waals surface area contributed by atoms with E-state index in [1.165, 1.54) is 16.2 Å². The number of carbonyl (C=O) groups is 1. The first-order valence-corrected chi connectivity index (χ1v) is 8.18. The summed E-state index contributed by atoms with van der Waals surface area (Å²) in [6.45, 7) is 5.91. The van der Waals surface area contributed by atoms with E-state index in [0.29, 0.717) is 12.6 Å². The van der Waals surface area contributed by atoms with Gasteiger partial charge in [-0.3, -0.25) is 0 Å². The second-order valence-corrected chi connectivity index (χ2v) is 6.38. The molecule has 1 aliphatic heterocycles. The summed E-state index contributed by atoms with van der Waals surface area (Å²) in [6, 6.07) is 4.82. The molecule has 106 valence electrons. The molecule has 2 amide bonds. The van der Waals surface area contributed by atoms with Gasteiger partial charge in [-0.2, -0.15) is 0 Å². The molecule has 2 heterocycles. The molecule has 0 bridgehead atoms. The summed E-state index contributed by atoms with van der Waals surface area (Å²) in [5.41, 5.74) is 0. The summed E-state index contributed by atoms with van der Waals surface area (Å²) >= 11 is 1.79. The fourth-order valence-corrected chi connectivity index (χ4v) is 3.56. The first kappa shape index (κ1) is 14.4. The summed E-state index contributed by atoms with van der Waals surface area (Å²) in [6.07, 6.45) is 5.69. The Balaban J connectivity index is 1.86. The Morgan fingerprint density at radius 2 is 2.16 bits per heavy atom. The van der Waals surface area contributed by atoms with Crippen LogP contribution in [0.3, 0.4) is 0 Å². The average molecular weight is 280 g/mol. The van der Waals surface area contributed by atoms with Crippen LogP contribution in [0.15, 0.2) is 12.1 Å². The molecule has 1 saturated heterocycles. The van der Waals surface area contributed by atoms with Crippen LogP contribution in [0, 0.1) is 0 Å². The number of piperidine rings is 1. The van der Waals surface area contributed by atoms with Gasteiger partial charge in [0, 0.05) is 22.3 Å². The van der Waals surface area contributed by atoms with Crippen molar-refractivity contribution in [1.82, 2.24) is 10.2 Å². The Bertz CT molecular complexity index is 416. The van der Waals surface area contributed by atoms with E-state index in [2.05, 4.69) is 31.3 Å². The number of thiophene rings is 1. The zero-order valence-electron chi connectivity index (χ0n) is 11.9. The molecule has 1 atom stereocenters. The molecule has 0 radical (unpaired) electrons. The molecule has 19 heavy (non-hydrogen) atoms. The van der Waals surface area contributed by atoms with Gasteiger partial charge >= 0.3 is 6.03 Å². The smallest absolute Gasteiger partial charge is 0.317 e. The number of aryl methyl sites for hydroxylation is 1. The molecule has 1 aromatic heterocycles. The van der Waals surface area contributed by atoms with Crippen molar-refractivity contribution >= 4 is 17.4 Å². The lowest BCUT2D eigenvalue weighted by Crippen LogP contribution is -2.48. The summed E-state index contributed by atoms with van der Waals surface area (Å²) in [5, 5.41) is 3.07. The largest absolute Gasteiger partial charge is 0.333 e. The third-order valence-corrected chi connectivity index (χ3v) is 5.07. The van der Waals surface area contributed by atoms with Gasteiger partial charge in [0.15, 0.2) is 0 Å². The van der Waals surface area contributed by atoms with Crippen LogP contribution in [-0.4, -0.2) is 23.5 Å². The Hall–Kier alpha value is -1.03. The van der Waals surface area contributed by atoms with Crippen molar-refractivity contribution in [1.29, 1.82) is 0 Å². The Kier molecular flexibility index (Phi) is 5.25. The standard InChI is InChI=1S/C15H24N2OS/c1-3-12-7-5-6-10-17(12)15(18)16-11-14-9-8-13(4-2)19-14/h8-9,12H,3-7,10-11H2,1-2H3,(H,16,18). The van der Waals surface area contributed by atoms with Crippen molar-refractivity contribution in [3.63, 3.8) is 0 Å². The number of likely N-dealkylation sites (tertiary alicyclic amines) is 1. The first-order chi connectivity index (χ1) is 9.24. The summed E-state index contributed by atoms with van der Waals surface area (Å²) in [4.78, 5) is 16.9. The topological polar surface area (TPSA) is 32.3 Å². The molecule has 1 fully saturated rings. The van der Waals surface area contributed by atoms with Crippen LogP contribution >= 0.6 is 11.3 Å². The molecule has 1 aliphatic rings. The highest BCUT2D eigenvalue weighted by Gasteiger charge is 2.24. The third kappa shape index (κ3) is 3.72. The van der Waals surface area contributed by atoms with Gasteiger partial charge < -0.3 is 10.2 Å².